The van der Waals surface area contributed by atoms with E-state index in [1.165, 1.54) is 12.1 Å². The SMILES string of the molecule is O=S(=O)(O)c1ccc2[nH]c(-c3n[nH]c4cc(Cl)ccc34)cc2c1F. The molecule has 6 nitrogen and oxygen atoms in total. The molecule has 4 aromatic rings. The van der Waals surface area contributed by atoms with Gasteiger partial charge >= 0.3 is 0 Å². The second-order valence-electron chi connectivity index (χ2n) is 5.26. The van der Waals surface area contributed by atoms with Gasteiger partial charge in [0.25, 0.3) is 10.1 Å². The minimum Gasteiger partial charge on any atom is -0.353 e. The third-order valence-electron chi connectivity index (χ3n) is 3.76. The Morgan fingerprint density at radius 3 is 2.62 bits per heavy atom. The molecule has 3 N–H and O–H groups in total. The van der Waals surface area contributed by atoms with Crippen LogP contribution in [0.5, 0.6) is 0 Å². The molecule has 0 spiro atoms. The average molecular weight is 366 g/mol. The second-order valence-corrected chi connectivity index (χ2v) is 7.09. The van der Waals surface area contributed by atoms with Crippen molar-refractivity contribution in [3.63, 3.8) is 0 Å². The van der Waals surface area contributed by atoms with Crippen LogP contribution < -0.4 is 0 Å². The Kier molecular flexibility index (Phi) is 3.17. The molecule has 0 amide bonds. The minimum atomic E-state index is -4.63. The summed E-state index contributed by atoms with van der Waals surface area (Å²) in [6, 6.07) is 9.05. The number of benzene rings is 2. The fraction of sp³-hybridized carbons (Fsp3) is 0. The molecular weight excluding hydrogens is 357 g/mol. The van der Waals surface area contributed by atoms with Gasteiger partial charge in [-0.15, -0.1) is 0 Å². The number of fused-ring (bicyclic) bond motifs is 2. The summed E-state index contributed by atoms with van der Waals surface area (Å²) in [5.41, 5.74) is 2.16. The maximum atomic E-state index is 14.4. The van der Waals surface area contributed by atoms with E-state index < -0.39 is 20.8 Å². The minimum absolute atomic E-state index is 0.0465. The van der Waals surface area contributed by atoms with Gasteiger partial charge in [0.2, 0.25) is 0 Å². The monoisotopic (exact) mass is 365 g/mol. The molecule has 122 valence electrons. The van der Waals surface area contributed by atoms with E-state index in [2.05, 4.69) is 15.2 Å². The van der Waals surface area contributed by atoms with Crippen LogP contribution in [0, 0.1) is 5.82 Å². The quantitative estimate of drug-likeness (QED) is 0.471. The van der Waals surface area contributed by atoms with Crippen LogP contribution in [0.3, 0.4) is 0 Å². The molecule has 0 atom stereocenters. The van der Waals surface area contributed by atoms with Crippen molar-refractivity contribution in [2.24, 2.45) is 0 Å². The topological polar surface area (TPSA) is 98.8 Å². The van der Waals surface area contributed by atoms with Gasteiger partial charge in [-0.3, -0.25) is 9.65 Å². The Morgan fingerprint density at radius 1 is 1.08 bits per heavy atom. The fourth-order valence-corrected chi connectivity index (χ4v) is 3.42. The van der Waals surface area contributed by atoms with Crippen LogP contribution in [0.4, 0.5) is 4.39 Å². The van der Waals surface area contributed by atoms with Crippen LogP contribution >= 0.6 is 11.6 Å². The molecule has 0 radical (unpaired) electrons. The Bertz CT molecular complexity index is 1210. The molecule has 0 bridgehead atoms. The lowest BCUT2D eigenvalue weighted by atomic mass is 10.1. The lowest BCUT2D eigenvalue weighted by Gasteiger charge is -1.99. The van der Waals surface area contributed by atoms with Gasteiger partial charge in [0.05, 0.1) is 11.2 Å². The predicted molar refractivity (Wildman–Crippen MR) is 88.2 cm³/mol. The molecule has 2 aromatic heterocycles. The maximum absolute atomic E-state index is 14.4. The van der Waals surface area contributed by atoms with E-state index in [0.29, 0.717) is 21.9 Å². The molecular formula is C15H9ClFN3O3S. The van der Waals surface area contributed by atoms with Crippen LogP contribution in [-0.4, -0.2) is 28.2 Å². The van der Waals surface area contributed by atoms with Crippen molar-refractivity contribution in [2.75, 3.05) is 0 Å². The third-order valence-corrected chi connectivity index (χ3v) is 4.87. The normalized spacial score (nSPS) is 12.3. The first kappa shape index (κ1) is 15.1. The zero-order valence-electron chi connectivity index (χ0n) is 11.8. The highest BCUT2D eigenvalue weighted by Gasteiger charge is 2.20. The zero-order valence-corrected chi connectivity index (χ0v) is 13.4. The standard InChI is InChI=1S/C15H9ClFN3O3S/c16-7-1-2-8-11(5-7)19-20-15(8)12-6-9-10(18-12)3-4-13(14(9)17)24(21,22)23/h1-6,18H,(H,19,20)(H,21,22,23). The first-order valence-corrected chi connectivity index (χ1v) is 8.59. The molecule has 2 aromatic carbocycles. The number of hydrogen-bond acceptors (Lipinski definition) is 3. The maximum Gasteiger partial charge on any atom is 0.297 e. The van der Waals surface area contributed by atoms with Crippen LogP contribution in [0.25, 0.3) is 33.2 Å². The van der Waals surface area contributed by atoms with Crippen LogP contribution in [0.2, 0.25) is 5.02 Å². The number of aromatic amines is 2. The van der Waals surface area contributed by atoms with Crippen molar-refractivity contribution in [1.29, 1.82) is 0 Å². The van der Waals surface area contributed by atoms with Crippen molar-refractivity contribution >= 4 is 43.5 Å². The molecule has 0 fully saturated rings. The summed E-state index contributed by atoms with van der Waals surface area (Å²) in [5, 5.41) is 8.42. The van der Waals surface area contributed by atoms with E-state index >= 15 is 0 Å². The number of hydrogen-bond donors (Lipinski definition) is 3. The van der Waals surface area contributed by atoms with Gasteiger partial charge in [-0.25, -0.2) is 4.39 Å². The van der Waals surface area contributed by atoms with Gasteiger partial charge < -0.3 is 4.98 Å². The Balaban J connectivity index is 1.96. The Morgan fingerprint density at radius 2 is 1.88 bits per heavy atom. The van der Waals surface area contributed by atoms with Crippen LogP contribution in [0.15, 0.2) is 41.3 Å². The molecule has 0 aliphatic heterocycles. The number of rotatable bonds is 2. The van der Waals surface area contributed by atoms with E-state index in [4.69, 9.17) is 16.2 Å². The highest BCUT2D eigenvalue weighted by atomic mass is 35.5. The van der Waals surface area contributed by atoms with E-state index in [1.54, 1.807) is 18.2 Å². The predicted octanol–water partition coefficient (Wildman–Crippen LogP) is 3.75. The number of nitrogens with zero attached hydrogens (tertiary/aromatic N) is 1. The van der Waals surface area contributed by atoms with E-state index in [0.717, 1.165) is 17.0 Å². The second kappa shape index (κ2) is 5.04. The van der Waals surface area contributed by atoms with Crippen molar-refractivity contribution in [2.45, 2.75) is 4.90 Å². The van der Waals surface area contributed by atoms with E-state index in [9.17, 15) is 12.8 Å². The zero-order chi connectivity index (χ0) is 17.1. The highest BCUT2D eigenvalue weighted by Crippen LogP contribution is 2.32. The van der Waals surface area contributed by atoms with E-state index in [-0.39, 0.29) is 5.39 Å². The van der Waals surface area contributed by atoms with Gasteiger partial charge in [-0.2, -0.15) is 13.5 Å². The number of H-pyrrole nitrogens is 2. The Hall–Kier alpha value is -2.42. The summed E-state index contributed by atoms with van der Waals surface area (Å²) in [7, 11) is -4.63. The summed E-state index contributed by atoms with van der Waals surface area (Å²) in [5.74, 6) is -1.01. The first-order chi connectivity index (χ1) is 11.3. The lowest BCUT2D eigenvalue weighted by Crippen LogP contribution is -2.01. The molecule has 24 heavy (non-hydrogen) atoms. The first-order valence-electron chi connectivity index (χ1n) is 6.77. The van der Waals surface area contributed by atoms with Crippen molar-refractivity contribution < 1.29 is 17.4 Å². The number of nitrogens with one attached hydrogen (secondary N) is 2. The van der Waals surface area contributed by atoms with Gasteiger partial charge in [-0.05, 0) is 36.4 Å². The lowest BCUT2D eigenvalue weighted by molar-refractivity contribution is 0.474. The highest BCUT2D eigenvalue weighted by molar-refractivity contribution is 7.85. The summed E-state index contributed by atoms with van der Waals surface area (Å²) in [4.78, 5) is 2.23. The van der Waals surface area contributed by atoms with Crippen LogP contribution in [-0.2, 0) is 10.1 Å². The largest absolute Gasteiger partial charge is 0.353 e. The van der Waals surface area contributed by atoms with Crippen LogP contribution in [0.1, 0.15) is 0 Å². The summed E-state index contributed by atoms with van der Waals surface area (Å²) in [6.07, 6.45) is 0. The molecule has 0 unspecified atom stereocenters. The van der Waals surface area contributed by atoms with Gasteiger partial charge in [0, 0.05) is 21.3 Å². The fourth-order valence-electron chi connectivity index (χ4n) is 2.67. The summed E-state index contributed by atoms with van der Waals surface area (Å²) < 4.78 is 45.9. The van der Waals surface area contributed by atoms with Gasteiger partial charge in [-0.1, -0.05) is 11.6 Å². The van der Waals surface area contributed by atoms with Crippen molar-refractivity contribution in [1.82, 2.24) is 15.2 Å². The number of aromatic nitrogens is 3. The number of halogens is 2. The molecule has 2 heterocycles. The van der Waals surface area contributed by atoms with Crippen molar-refractivity contribution in [3.05, 3.63) is 47.2 Å². The molecule has 0 aliphatic rings. The summed E-state index contributed by atoms with van der Waals surface area (Å²) >= 11 is 5.93. The van der Waals surface area contributed by atoms with E-state index in [1.807, 2.05) is 0 Å². The van der Waals surface area contributed by atoms with Gasteiger partial charge in [0.1, 0.15) is 10.6 Å². The molecule has 0 saturated heterocycles. The van der Waals surface area contributed by atoms with Crippen molar-refractivity contribution in [3.8, 4) is 11.4 Å². The molecule has 9 heteroatoms. The average Bonchev–Trinajstić information content (AvgIpc) is 3.09. The molecule has 0 saturated carbocycles. The molecule has 4 rings (SSSR count). The van der Waals surface area contributed by atoms with Gasteiger partial charge in [0.15, 0.2) is 5.82 Å². The summed E-state index contributed by atoms with van der Waals surface area (Å²) in [6.45, 7) is 0. The molecule has 0 aliphatic carbocycles. The third kappa shape index (κ3) is 2.27. The smallest absolute Gasteiger partial charge is 0.297 e. The Labute approximate surface area is 140 Å².